The molecular formula is C13H16O. The molecule has 1 atom stereocenters. The highest BCUT2D eigenvalue weighted by atomic mass is 16.3. The van der Waals surface area contributed by atoms with Crippen LogP contribution >= 0.6 is 0 Å². The molecular weight excluding hydrogens is 172 g/mol. The third-order valence-corrected chi connectivity index (χ3v) is 2.48. The van der Waals surface area contributed by atoms with Crippen molar-refractivity contribution in [3.63, 3.8) is 0 Å². The maximum atomic E-state index is 9.69. The highest BCUT2D eigenvalue weighted by Crippen LogP contribution is 2.30. The molecule has 0 saturated carbocycles. The van der Waals surface area contributed by atoms with Crippen LogP contribution in [0, 0.1) is 19.3 Å². The quantitative estimate of drug-likeness (QED) is 0.722. The van der Waals surface area contributed by atoms with Crippen molar-refractivity contribution < 1.29 is 5.11 Å². The van der Waals surface area contributed by atoms with Crippen LogP contribution in [0.4, 0.5) is 0 Å². The minimum Gasteiger partial charge on any atom is -0.508 e. The van der Waals surface area contributed by atoms with Crippen LogP contribution in [0.2, 0.25) is 0 Å². The van der Waals surface area contributed by atoms with Crippen molar-refractivity contribution in [2.45, 2.75) is 32.6 Å². The van der Waals surface area contributed by atoms with Gasteiger partial charge in [0.05, 0.1) is 0 Å². The zero-order chi connectivity index (χ0) is 10.6. The lowest BCUT2D eigenvalue weighted by atomic mass is 9.92. The van der Waals surface area contributed by atoms with Gasteiger partial charge in [0.15, 0.2) is 0 Å². The summed E-state index contributed by atoms with van der Waals surface area (Å²) in [7, 11) is 0. The molecule has 0 fully saturated rings. The maximum Gasteiger partial charge on any atom is 0.119 e. The summed E-state index contributed by atoms with van der Waals surface area (Å²) in [6.45, 7) is 4.11. The summed E-state index contributed by atoms with van der Waals surface area (Å²) >= 11 is 0. The lowest BCUT2D eigenvalue weighted by Gasteiger charge is -2.14. The van der Waals surface area contributed by atoms with Crippen LogP contribution in [0.15, 0.2) is 18.2 Å². The Labute approximate surface area is 85.8 Å². The van der Waals surface area contributed by atoms with Crippen LogP contribution in [-0.2, 0) is 0 Å². The van der Waals surface area contributed by atoms with Gasteiger partial charge in [0.25, 0.3) is 0 Å². The largest absolute Gasteiger partial charge is 0.508 e. The van der Waals surface area contributed by atoms with Gasteiger partial charge in [-0.2, -0.15) is 0 Å². The molecule has 0 aliphatic carbocycles. The SMILES string of the molecule is C#CCC(CC)c1cc(C)ccc1O. The van der Waals surface area contributed by atoms with Gasteiger partial charge >= 0.3 is 0 Å². The minimum absolute atomic E-state index is 0.278. The lowest BCUT2D eigenvalue weighted by Crippen LogP contribution is -1.97. The summed E-state index contributed by atoms with van der Waals surface area (Å²) in [6.07, 6.45) is 6.95. The third-order valence-electron chi connectivity index (χ3n) is 2.48. The van der Waals surface area contributed by atoms with Crippen LogP contribution in [0.5, 0.6) is 5.75 Å². The number of terminal acetylenes is 1. The number of benzene rings is 1. The Hall–Kier alpha value is -1.42. The molecule has 0 spiro atoms. The molecule has 0 heterocycles. The molecule has 1 heteroatoms. The lowest BCUT2D eigenvalue weighted by molar-refractivity contribution is 0.459. The highest BCUT2D eigenvalue weighted by Gasteiger charge is 2.12. The van der Waals surface area contributed by atoms with Gasteiger partial charge in [-0.25, -0.2) is 0 Å². The van der Waals surface area contributed by atoms with Crippen LogP contribution < -0.4 is 0 Å². The molecule has 1 N–H and O–H groups in total. The molecule has 0 amide bonds. The molecule has 0 aromatic heterocycles. The van der Waals surface area contributed by atoms with Crippen molar-refractivity contribution in [1.29, 1.82) is 0 Å². The minimum atomic E-state index is 0.278. The number of phenols is 1. The number of aryl methyl sites for hydroxylation is 1. The Morgan fingerprint density at radius 1 is 1.50 bits per heavy atom. The molecule has 1 aromatic rings. The molecule has 14 heavy (non-hydrogen) atoms. The van der Waals surface area contributed by atoms with Gasteiger partial charge in [0, 0.05) is 6.42 Å². The van der Waals surface area contributed by atoms with Crippen molar-refractivity contribution in [3.05, 3.63) is 29.3 Å². The van der Waals surface area contributed by atoms with Crippen molar-refractivity contribution in [2.75, 3.05) is 0 Å². The van der Waals surface area contributed by atoms with E-state index in [4.69, 9.17) is 6.42 Å². The van der Waals surface area contributed by atoms with E-state index in [0.717, 1.165) is 17.5 Å². The number of hydrogen-bond acceptors (Lipinski definition) is 1. The van der Waals surface area contributed by atoms with Crippen molar-refractivity contribution in [1.82, 2.24) is 0 Å². The number of aromatic hydroxyl groups is 1. The molecule has 1 aromatic carbocycles. The molecule has 1 rings (SSSR count). The van der Waals surface area contributed by atoms with Gasteiger partial charge in [-0.05, 0) is 30.9 Å². The maximum absolute atomic E-state index is 9.69. The smallest absolute Gasteiger partial charge is 0.119 e. The summed E-state index contributed by atoms with van der Waals surface area (Å²) in [5.74, 6) is 3.29. The Bertz CT molecular complexity index is 347. The molecule has 0 saturated heterocycles. The van der Waals surface area contributed by atoms with E-state index in [1.165, 1.54) is 0 Å². The van der Waals surface area contributed by atoms with Gasteiger partial charge in [-0.3, -0.25) is 0 Å². The molecule has 0 bridgehead atoms. The summed E-state index contributed by atoms with van der Waals surface area (Å²) in [5.41, 5.74) is 2.14. The predicted molar refractivity (Wildman–Crippen MR) is 59.3 cm³/mol. The van der Waals surface area contributed by atoms with Gasteiger partial charge in [-0.1, -0.05) is 24.6 Å². The Kier molecular flexibility index (Phi) is 3.59. The fourth-order valence-corrected chi connectivity index (χ4v) is 1.62. The van der Waals surface area contributed by atoms with Crippen LogP contribution in [0.1, 0.15) is 36.8 Å². The topological polar surface area (TPSA) is 20.2 Å². The normalized spacial score (nSPS) is 12.1. The van der Waals surface area contributed by atoms with E-state index < -0.39 is 0 Å². The number of rotatable bonds is 3. The molecule has 74 valence electrons. The Morgan fingerprint density at radius 3 is 2.79 bits per heavy atom. The average Bonchev–Trinajstić information content (AvgIpc) is 2.18. The van der Waals surface area contributed by atoms with Gasteiger partial charge < -0.3 is 5.11 Å². The van der Waals surface area contributed by atoms with Crippen molar-refractivity contribution >= 4 is 0 Å². The molecule has 0 radical (unpaired) electrons. The first-order valence-corrected chi connectivity index (χ1v) is 4.92. The molecule has 1 unspecified atom stereocenters. The second-order valence-corrected chi connectivity index (χ2v) is 3.58. The van der Waals surface area contributed by atoms with Crippen LogP contribution in [0.25, 0.3) is 0 Å². The molecule has 0 aliphatic heterocycles. The van der Waals surface area contributed by atoms with Crippen molar-refractivity contribution in [2.24, 2.45) is 0 Å². The monoisotopic (exact) mass is 188 g/mol. The Balaban J connectivity index is 3.03. The van der Waals surface area contributed by atoms with E-state index in [1.807, 2.05) is 19.1 Å². The van der Waals surface area contributed by atoms with E-state index >= 15 is 0 Å². The van der Waals surface area contributed by atoms with E-state index in [1.54, 1.807) is 6.07 Å². The van der Waals surface area contributed by atoms with Gasteiger partial charge in [-0.15, -0.1) is 12.3 Å². The van der Waals surface area contributed by atoms with Gasteiger partial charge in [0.2, 0.25) is 0 Å². The van der Waals surface area contributed by atoms with E-state index in [2.05, 4.69) is 12.8 Å². The fourth-order valence-electron chi connectivity index (χ4n) is 1.62. The first kappa shape index (κ1) is 10.7. The van der Waals surface area contributed by atoms with Crippen molar-refractivity contribution in [3.8, 4) is 18.1 Å². The van der Waals surface area contributed by atoms with Crippen LogP contribution in [0.3, 0.4) is 0 Å². The summed E-state index contributed by atoms with van der Waals surface area (Å²) in [5, 5.41) is 9.69. The van der Waals surface area contributed by atoms with E-state index in [9.17, 15) is 5.11 Å². The molecule has 0 aliphatic rings. The number of hydrogen-bond donors (Lipinski definition) is 1. The summed E-state index contributed by atoms with van der Waals surface area (Å²) in [6, 6.07) is 5.66. The standard InChI is InChI=1S/C13H16O/c1-4-6-11(5-2)12-9-10(3)7-8-13(12)14/h1,7-9,11,14H,5-6H2,2-3H3. The zero-order valence-corrected chi connectivity index (χ0v) is 8.75. The average molecular weight is 188 g/mol. The van der Waals surface area contributed by atoms with Crippen LogP contribution in [-0.4, -0.2) is 5.11 Å². The zero-order valence-electron chi connectivity index (χ0n) is 8.75. The van der Waals surface area contributed by atoms with E-state index in [-0.39, 0.29) is 5.92 Å². The van der Waals surface area contributed by atoms with Gasteiger partial charge in [0.1, 0.15) is 5.75 Å². The Morgan fingerprint density at radius 2 is 2.21 bits per heavy atom. The third kappa shape index (κ3) is 2.29. The summed E-state index contributed by atoms with van der Waals surface area (Å²) < 4.78 is 0. The molecule has 1 nitrogen and oxygen atoms in total. The summed E-state index contributed by atoms with van der Waals surface area (Å²) in [4.78, 5) is 0. The second-order valence-electron chi connectivity index (χ2n) is 3.58. The highest BCUT2D eigenvalue weighted by molar-refractivity contribution is 5.38. The second kappa shape index (κ2) is 4.72. The number of phenolic OH excluding ortho intramolecular Hbond substituents is 1. The van der Waals surface area contributed by atoms with E-state index in [0.29, 0.717) is 12.2 Å². The predicted octanol–water partition coefficient (Wildman–Crippen LogP) is 3.22. The fraction of sp³-hybridized carbons (Fsp3) is 0.385. The first-order chi connectivity index (χ1) is 6.69. The first-order valence-electron chi connectivity index (χ1n) is 4.92.